The summed E-state index contributed by atoms with van der Waals surface area (Å²) in [5.41, 5.74) is 4.39. The molecule has 0 atom stereocenters. The van der Waals surface area contributed by atoms with Gasteiger partial charge in [-0.25, -0.2) is 4.79 Å². The van der Waals surface area contributed by atoms with E-state index >= 15 is 0 Å². The van der Waals surface area contributed by atoms with Crippen LogP contribution < -0.4 is 4.74 Å². The van der Waals surface area contributed by atoms with E-state index in [1.807, 2.05) is 13.0 Å². The Morgan fingerprint density at radius 1 is 1.00 bits per heavy atom. The van der Waals surface area contributed by atoms with Crippen molar-refractivity contribution in [3.05, 3.63) is 58.2 Å². The number of phenols is 1. The lowest BCUT2D eigenvalue weighted by atomic mass is 10.00. The normalized spacial score (nSPS) is 12.0. The molecule has 0 aliphatic carbocycles. The minimum Gasteiger partial charge on any atom is -0.504 e. The maximum Gasteiger partial charge on any atom is 0.336 e. The molecule has 27 heavy (non-hydrogen) atoms. The molecule has 0 heterocycles. The number of methoxy groups -OCH3 is 1. The van der Waals surface area contributed by atoms with Gasteiger partial charge in [0, 0.05) is 5.56 Å². The first kappa shape index (κ1) is 22.6. The third kappa shape index (κ3) is 7.73. The van der Waals surface area contributed by atoms with Crippen molar-refractivity contribution in [2.45, 2.75) is 59.8 Å². The Labute approximate surface area is 162 Å². The summed E-state index contributed by atoms with van der Waals surface area (Å²) in [4.78, 5) is 11.4. The van der Waals surface area contributed by atoms with E-state index in [-0.39, 0.29) is 17.1 Å². The van der Waals surface area contributed by atoms with Gasteiger partial charge in [0.15, 0.2) is 11.5 Å². The van der Waals surface area contributed by atoms with Gasteiger partial charge in [0.05, 0.1) is 12.7 Å². The topological polar surface area (TPSA) is 66.8 Å². The number of hydrogen-bond donors (Lipinski definition) is 2. The van der Waals surface area contributed by atoms with Crippen LogP contribution in [0.2, 0.25) is 0 Å². The molecule has 0 fully saturated rings. The van der Waals surface area contributed by atoms with Crippen LogP contribution in [-0.4, -0.2) is 23.3 Å². The molecule has 0 saturated heterocycles. The number of carboxylic acids is 1. The molecule has 0 bridgehead atoms. The number of phenolic OH excluding ortho intramolecular Hbond substituents is 1. The second-order valence-corrected chi connectivity index (χ2v) is 7.11. The van der Waals surface area contributed by atoms with Crippen LogP contribution >= 0.6 is 0 Å². The Kier molecular flexibility index (Phi) is 9.41. The molecule has 0 aliphatic heterocycles. The summed E-state index contributed by atoms with van der Waals surface area (Å²) < 4.78 is 5.09. The van der Waals surface area contributed by atoms with E-state index in [1.165, 1.54) is 36.0 Å². The van der Waals surface area contributed by atoms with Crippen LogP contribution in [0.5, 0.6) is 11.5 Å². The Morgan fingerprint density at radius 2 is 1.59 bits per heavy atom. The van der Waals surface area contributed by atoms with Crippen molar-refractivity contribution < 1.29 is 19.7 Å². The number of carbonyl (C=O) groups is 1. The molecule has 0 aromatic heterocycles. The van der Waals surface area contributed by atoms with Crippen molar-refractivity contribution >= 4 is 5.97 Å². The van der Waals surface area contributed by atoms with Crippen molar-refractivity contribution in [3.63, 3.8) is 0 Å². The van der Waals surface area contributed by atoms with Gasteiger partial charge in [-0.1, -0.05) is 34.9 Å². The van der Waals surface area contributed by atoms with Crippen LogP contribution in [0.15, 0.2) is 47.1 Å². The molecule has 1 aromatic rings. The number of aromatic carboxylic acids is 1. The number of benzene rings is 1. The molecule has 4 nitrogen and oxygen atoms in total. The second kappa shape index (κ2) is 11.3. The zero-order valence-electron chi connectivity index (χ0n) is 17.1. The van der Waals surface area contributed by atoms with Crippen LogP contribution in [0.25, 0.3) is 0 Å². The van der Waals surface area contributed by atoms with E-state index in [1.54, 1.807) is 0 Å². The fourth-order valence-electron chi connectivity index (χ4n) is 2.80. The molecule has 0 aliphatic rings. The molecule has 1 aromatic carbocycles. The quantitative estimate of drug-likeness (QED) is 0.490. The average Bonchev–Trinajstić information content (AvgIpc) is 2.59. The number of rotatable bonds is 10. The Hall–Kier alpha value is -2.49. The molecule has 1 rings (SSSR count). The third-order valence-electron chi connectivity index (χ3n) is 4.47. The predicted octanol–water partition coefficient (Wildman–Crippen LogP) is 6.06. The van der Waals surface area contributed by atoms with Crippen molar-refractivity contribution in [2.24, 2.45) is 0 Å². The van der Waals surface area contributed by atoms with Gasteiger partial charge in [0.1, 0.15) is 0 Å². The smallest absolute Gasteiger partial charge is 0.336 e. The summed E-state index contributed by atoms with van der Waals surface area (Å²) in [7, 11) is 1.45. The fraction of sp³-hybridized carbons (Fsp3) is 0.435. The first-order valence-electron chi connectivity index (χ1n) is 9.33. The second-order valence-electron chi connectivity index (χ2n) is 7.11. The van der Waals surface area contributed by atoms with E-state index < -0.39 is 5.97 Å². The van der Waals surface area contributed by atoms with Gasteiger partial charge in [-0.05, 0) is 71.9 Å². The molecule has 0 spiro atoms. The number of ether oxygens (including phenoxy) is 1. The molecule has 0 radical (unpaired) electrons. The molecular formula is C23H32O4. The molecule has 0 amide bonds. The van der Waals surface area contributed by atoms with E-state index in [2.05, 4.69) is 32.9 Å². The summed E-state index contributed by atoms with van der Waals surface area (Å²) in [6.45, 7) is 8.42. The zero-order chi connectivity index (χ0) is 20.4. The number of hydrogen-bond acceptors (Lipinski definition) is 3. The maximum absolute atomic E-state index is 11.4. The SMILES string of the molecule is COc1ccc(C(=O)O)c(C/C=C(\C)CC/C=C(\C)CCC=C(C)C)c1O. The van der Waals surface area contributed by atoms with Crippen LogP contribution in [0.4, 0.5) is 0 Å². The van der Waals surface area contributed by atoms with Gasteiger partial charge in [-0.2, -0.15) is 0 Å². The molecule has 0 unspecified atom stereocenters. The number of carboxylic acid groups (broad SMARTS) is 1. The van der Waals surface area contributed by atoms with Crippen LogP contribution in [-0.2, 0) is 6.42 Å². The number of allylic oxidation sites excluding steroid dienone is 6. The summed E-state index contributed by atoms with van der Waals surface area (Å²) in [6.07, 6.45) is 10.9. The van der Waals surface area contributed by atoms with E-state index in [4.69, 9.17) is 4.74 Å². The molecule has 0 saturated carbocycles. The lowest BCUT2D eigenvalue weighted by Crippen LogP contribution is -2.03. The highest BCUT2D eigenvalue weighted by atomic mass is 16.5. The molecule has 4 heteroatoms. The lowest BCUT2D eigenvalue weighted by molar-refractivity contribution is 0.0695. The largest absolute Gasteiger partial charge is 0.504 e. The summed E-state index contributed by atoms with van der Waals surface area (Å²) >= 11 is 0. The zero-order valence-corrected chi connectivity index (χ0v) is 17.1. The minimum absolute atomic E-state index is 0.100. The highest BCUT2D eigenvalue weighted by molar-refractivity contribution is 5.90. The van der Waals surface area contributed by atoms with Gasteiger partial charge < -0.3 is 14.9 Å². The minimum atomic E-state index is -1.05. The summed E-state index contributed by atoms with van der Waals surface area (Å²) in [5.74, 6) is -0.864. The van der Waals surface area contributed by atoms with Crippen molar-refractivity contribution in [1.29, 1.82) is 0 Å². The summed E-state index contributed by atoms with van der Waals surface area (Å²) in [6, 6.07) is 2.94. The lowest BCUT2D eigenvalue weighted by Gasteiger charge is -2.11. The van der Waals surface area contributed by atoms with E-state index in [9.17, 15) is 15.0 Å². The van der Waals surface area contributed by atoms with Crippen LogP contribution in [0.3, 0.4) is 0 Å². The van der Waals surface area contributed by atoms with Gasteiger partial charge in [-0.15, -0.1) is 0 Å². The van der Waals surface area contributed by atoms with Crippen LogP contribution in [0, 0.1) is 0 Å². The summed E-state index contributed by atoms with van der Waals surface area (Å²) in [5, 5.41) is 19.6. The molecule has 2 N–H and O–H groups in total. The first-order valence-corrected chi connectivity index (χ1v) is 9.33. The first-order chi connectivity index (χ1) is 12.8. The highest BCUT2D eigenvalue weighted by Crippen LogP contribution is 2.33. The van der Waals surface area contributed by atoms with E-state index in [0.29, 0.717) is 12.0 Å². The fourth-order valence-corrected chi connectivity index (χ4v) is 2.80. The standard InChI is InChI=1S/C23H32O4/c1-16(2)8-6-9-17(3)10-7-11-18(4)12-13-19-20(23(25)26)14-15-21(27-5)22(19)24/h8,10,12,14-15,24H,6-7,9,11,13H2,1-5H3,(H,25,26)/b17-10+,18-12+. The predicted molar refractivity (Wildman–Crippen MR) is 111 cm³/mol. The van der Waals surface area contributed by atoms with E-state index in [0.717, 1.165) is 25.7 Å². The van der Waals surface area contributed by atoms with Gasteiger partial charge >= 0.3 is 5.97 Å². The van der Waals surface area contributed by atoms with Gasteiger partial charge in [0.2, 0.25) is 0 Å². The third-order valence-corrected chi connectivity index (χ3v) is 4.47. The maximum atomic E-state index is 11.4. The highest BCUT2D eigenvalue weighted by Gasteiger charge is 2.16. The monoisotopic (exact) mass is 372 g/mol. The van der Waals surface area contributed by atoms with Crippen molar-refractivity contribution in [3.8, 4) is 11.5 Å². The van der Waals surface area contributed by atoms with Gasteiger partial charge in [0.25, 0.3) is 0 Å². The molecule has 148 valence electrons. The number of aromatic hydroxyl groups is 1. The van der Waals surface area contributed by atoms with Crippen molar-refractivity contribution in [1.82, 2.24) is 0 Å². The molecular weight excluding hydrogens is 340 g/mol. The average molecular weight is 373 g/mol. The van der Waals surface area contributed by atoms with Crippen molar-refractivity contribution in [2.75, 3.05) is 7.11 Å². The Bertz CT molecular complexity index is 735. The van der Waals surface area contributed by atoms with Crippen LogP contribution in [0.1, 0.15) is 69.3 Å². The Balaban J connectivity index is 2.72. The van der Waals surface area contributed by atoms with Gasteiger partial charge in [-0.3, -0.25) is 0 Å². The Morgan fingerprint density at radius 3 is 2.15 bits per heavy atom.